The van der Waals surface area contributed by atoms with E-state index < -0.39 is 10.0 Å². The Morgan fingerprint density at radius 2 is 1.81 bits per heavy atom. The maximum Gasteiger partial charge on any atom is 0.257 e. The molecule has 9 heteroatoms. The van der Waals surface area contributed by atoms with E-state index in [0.717, 1.165) is 17.8 Å². The number of piperidine rings is 1. The van der Waals surface area contributed by atoms with Crippen LogP contribution < -0.4 is 5.32 Å². The normalized spacial score (nSPS) is 21.1. The van der Waals surface area contributed by atoms with E-state index in [1.807, 2.05) is 6.92 Å². The van der Waals surface area contributed by atoms with Crippen LogP contribution in [0.3, 0.4) is 0 Å². The number of benzene rings is 1. The maximum atomic E-state index is 12.9. The van der Waals surface area contributed by atoms with E-state index in [0.29, 0.717) is 35.6 Å². The fraction of sp³-hybridized carbons (Fsp3) is 0.500. The Kier molecular flexibility index (Phi) is 5.92. The van der Waals surface area contributed by atoms with E-state index in [1.54, 1.807) is 4.31 Å². The standard InChI is InChI=1S/C18H24N4O3S2/c1-4-16-20-21-18(26-16)19-17(23)14-5-7-15(8-6-14)27(24,25)22-10-12(2)9-13(3)11-22/h5-8,12-13H,4,9-11H2,1-3H3,(H,19,21,23)/t12-,13+. The third-order valence-electron chi connectivity index (χ3n) is 4.58. The Morgan fingerprint density at radius 1 is 1.19 bits per heavy atom. The lowest BCUT2D eigenvalue weighted by Gasteiger charge is -2.34. The van der Waals surface area contributed by atoms with Crippen molar-refractivity contribution >= 4 is 32.4 Å². The first-order chi connectivity index (χ1) is 12.8. The Labute approximate surface area is 163 Å². The molecule has 1 aromatic carbocycles. The molecule has 2 aromatic rings. The predicted octanol–water partition coefficient (Wildman–Crippen LogP) is 3.02. The number of hydrogen-bond donors (Lipinski definition) is 1. The van der Waals surface area contributed by atoms with Crippen LogP contribution in [0.1, 0.15) is 42.6 Å². The second-order valence-electron chi connectivity index (χ2n) is 7.10. The first-order valence-electron chi connectivity index (χ1n) is 9.03. The zero-order chi connectivity index (χ0) is 19.6. The van der Waals surface area contributed by atoms with Gasteiger partial charge in [-0.25, -0.2) is 8.42 Å². The number of aryl methyl sites for hydroxylation is 1. The van der Waals surface area contributed by atoms with Crippen molar-refractivity contribution in [1.82, 2.24) is 14.5 Å². The molecule has 1 aliphatic rings. The summed E-state index contributed by atoms with van der Waals surface area (Å²) in [5.41, 5.74) is 0.377. The van der Waals surface area contributed by atoms with Crippen molar-refractivity contribution in [1.29, 1.82) is 0 Å². The predicted molar refractivity (Wildman–Crippen MR) is 105 cm³/mol. The molecule has 27 heavy (non-hydrogen) atoms. The van der Waals surface area contributed by atoms with Crippen LogP contribution in [-0.4, -0.2) is 41.9 Å². The Hall–Kier alpha value is -1.84. The molecule has 0 radical (unpaired) electrons. The summed E-state index contributed by atoms with van der Waals surface area (Å²) >= 11 is 1.33. The molecule has 1 amide bonds. The largest absolute Gasteiger partial charge is 0.296 e. The number of carbonyl (C=O) groups excluding carboxylic acids is 1. The van der Waals surface area contributed by atoms with Gasteiger partial charge < -0.3 is 0 Å². The number of anilines is 1. The van der Waals surface area contributed by atoms with Crippen LogP contribution in [0, 0.1) is 11.8 Å². The Bertz CT molecular complexity index is 899. The molecule has 1 fully saturated rings. The molecule has 1 saturated heterocycles. The molecule has 0 spiro atoms. The Morgan fingerprint density at radius 3 is 2.37 bits per heavy atom. The summed E-state index contributed by atoms with van der Waals surface area (Å²) in [5, 5.41) is 11.9. The number of sulfonamides is 1. The van der Waals surface area contributed by atoms with Gasteiger partial charge in [0, 0.05) is 18.7 Å². The molecule has 146 valence electrons. The van der Waals surface area contributed by atoms with E-state index in [1.165, 1.54) is 35.6 Å². The van der Waals surface area contributed by atoms with Crippen molar-refractivity contribution in [2.24, 2.45) is 11.8 Å². The average Bonchev–Trinajstić information content (AvgIpc) is 3.08. The van der Waals surface area contributed by atoms with Crippen LogP contribution in [0.15, 0.2) is 29.2 Å². The van der Waals surface area contributed by atoms with E-state index in [-0.39, 0.29) is 10.8 Å². The first-order valence-corrected chi connectivity index (χ1v) is 11.3. The summed E-state index contributed by atoms with van der Waals surface area (Å²) in [7, 11) is -3.55. The minimum absolute atomic E-state index is 0.213. The second kappa shape index (κ2) is 8.04. The smallest absolute Gasteiger partial charge is 0.257 e. The van der Waals surface area contributed by atoms with Gasteiger partial charge in [0.1, 0.15) is 5.01 Å². The van der Waals surface area contributed by atoms with E-state index in [9.17, 15) is 13.2 Å². The Balaban J connectivity index is 1.73. The van der Waals surface area contributed by atoms with Gasteiger partial charge in [0.15, 0.2) is 0 Å². The van der Waals surface area contributed by atoms with Gasteiger partial charge in [-0.2, -0.15) is 4.31 Å². The monoisotopic (exact) mass is 408 g/mol. The highest BCUT2D eigenvalue weighted by atomic mass is 32.2. The summed E-state index contributed by atoms with van der Waals surface area (Å²) in [5.74, 6) is 0.347. The number of rotatable bonds is 5. The first kappa shape index (κ1) is 19.9. The van der Waals surface area contributed by atoms with Crippen molar-refractivity contribution in [2.45, 2.75) is 38.5 Å². The van der Waals surface area contributed by atoms with Crippen molar-refractivity contribution in [3.8, 4) is 0 Å². The molecule has 0 aliphatic carbocycles. The highest BCUT2D eigenvalue weighted by molar-refractivity contribution is 7.89. The molecule has 3 rings (SSSR count). The SMILES string of the molecule is CCc1nnc(NC(=O)c2ccc(S(=O)(=O)N3C[C@H](C)C[C@H](C)C3)cc2)s1. The number of amides is 1. The van der Waals surface area contributed by atoms with E-state index >= 15 is 0 Å². The number of hydrogen-bond acceptors (Lipinski definition) is 6. The molecule has 0 bridgehead atoms. The van der Waals surface area contributed by atoms with Gasteiger partial charge in [0.2, 0.25) is 15.2 Å². The van der Waals surface area contributed by atoms with Gasteiger partial charge in [0.05, 0.1) is 4.90 Å². The molecule has 7 nitrogen and oxygen atoms in total. The van der Waals surface area contributed by atoms with Gasteiger partial charge >= 0.3 is 0 Å². The van der Waals surface area contributed by atoms with Crippen molar-refractivity contribution < 1.29 is 13.2 Å². The summed E-state index contributed by atoms with van der Waals surface area (Å²) in [6.45, 7) is 7.18. The van der Waals surface area contributed by atoms with Crippen LogP contribution >= 0.6 is 11.3 Å². The molecule has 1 aromatic heterocycles. The molecular weight excluding hydrogens is 384 g/mol. The van der Waals surface area contributed by atoms with Crippen LogP contribution in [0.2, 0.25) is 0 Å². The number of carbonyl (C=O) groups is 1. The van der Waals surface area contributed by atoms with Gasteiger partial charge in [-0.05, 0) is 48.9 Å². The molecular formula is C18H24N4O3S2. The molecule has 1 aliphatic heterocycles. The van der Waals surface area contributed by atoms with Gasteiger partial charge in [-0.15, -0.1) is 10.2 Å². The maximum absolute atomic E-state index is 12.9. The van der Waals surface area contributed by atoms with Gasteiger partial charge in [-0.1, -0.05) is 32.1 Å². The fourth-order valence-corrected chi connectivity index (χ4v) is 5.70. The van der Waals surface area contributed by atoms with Crippen molar-refractivity contribution in [3.63, 3.8) is 0 Å². The van der Waals surface area contributed by atoms with Crippen molar-refractivity contribution in [2.75, 3.05) is 18.4 Å². The third kappa shape index (κ3) is 4.53. The number of aromatic nitrogens is 2. The van der Waals surface area contributed by atoms with Crippen LogP contribution in [0.4, 0.5) is 5.13 Å². The molecule has 2 heterocycles. The highest BCUT2D eigenvalue weighted by Crippen LogP contribution is 2.27. The minimum Gasteiger partial charge on any atom is -0.296 e. The van der Waals surface area contributed by atoms with Crippen molar-refractivity contribution in [3.05, 3.63) is 34.8 Å². The molecule has 1 N–H and O–H groups in total. The highest BCUT2D eigenvalue weighted by Gasteiger charge is 2.31. The lowest BCUT2D eigenvalue weighted by Crippen LogP contribution is -2.42. The summed E-state index contributed by atoms with van der Waals surface area (Å²) in [4.78, 5) is 12.5. The van der Waals surface area contributed by atoms with Crippen LogP contribution in [-0.2, 0) is 16.4 Å². The molecule has 0 saturated carbocycles. The topological polar surface area (TPSA) is 92.3 Å². The number of nitrogens with zero attached hydrogens (tertiary/aromatic N) is 3. The third-order valence-corrected chi connectivity index (χ3v) is 7.41. The van der Waals surface area contributed by atoms with Gasteiger partial charge in [0.25, 0.3) is 5.91 Å². The van der Waals surface area contributed by atoms with Crippen LogP contribution in [0.25, 0.3) is 0 Å². The van der Waals surface area contributed by atoms with E-state index in [2.05, 4.69) is 29.4 Å². The summed E-state index contributed by atoms with van der Waals surface area (Å²) in [6.07, 6.45) is 1.80. The fourth-order valence-electron chi connectivity index (χ4n) is 3.35. The lowest BCUT2D eigenvalue weighted by molar-refractivity contribution is 0.102. The quantitative estimate of drug-likeness (QED) is 0.821. The average molecular weight is 409 g/mol. The summed E-state index contributed by atoms with van der Waals surface area (Å²) in [6, 6.07) is 6.04. The number of nitrogens with one attached hydrogen (secondary N) is 1. The minimum atomic E-state index is -3.55. The summed E-state index contributed by atoms with van der Waals surface area (Å²) < 4.78 is 27.3. The van der Waals surface area contributed by atoms with E-state index in [4.69, 9.17) is 0 Å². The second-order valence-corrected chi connectivity index (χ2v) is 10.1. The molecule has 2 atom stereocenters. The molecule has 0 unspecified atom stereocenters. The lowest BCUT2D eigenvalue weighted by atomic mass is 9.94. The zero-order valence-electron chi connectivity index (χ0n) is 15.7. The van der Waals surface area contributed by atoms with Crippen LogP contribution in [0.5, 0.6) is 0 Å². The van der Waals surface area contributed by atoms with Gasteiger partial charge in [-0.3, -0.25) is 10.1 Å². The zero-order valence-corrected chi connectivity index (χ0v) is 17.3.